The summed E-state index contributed by atoms with van der Waals surface area (Å²) in [5, 5.41) is 10.1. The van der Waals surface area contributed by atoms with Crippen LogP contribution in [0.3, 0.4) is 0 Å². The molecule has 5 heteroatoms. The van der Waals surface area contributed by atoms with E-state index in [9.17, 15) is 14.7 Å². The summed E-state index contributed by atoms with van der Waals surface area (Å²) in [6, 6.07) is 6.58. The van der Waals surface area contributed by atoms with E-state index in [1.807, 2.05) is 0 Å². The molecule has 5 nitrogen and oxygen atoms in total. The number of ether oxygens (including phenoxy) is 1. The van der Waals surface area contributed by atoms with Gasteiger partial charge in [-0.05, 0) is 26.3 Å². The molecular formula is C15H21NO4. The second-order valence-corrected chi connectivity index (χ2v) is 5.66. The summed E-state index contributed by atoms with van der Waals surface area (Å²) in [5.74, 6) is 0. The highest BCUT2D eigenvalue weighted by atomic mass is 16.6. The number of amides is 1. The Balaban J connectivity index is 2.62. The first-order valence-electron chi connectivity index (χ1n) is 6.40. The van der Waals surface area contributed by atoms with Gasteiger partial charge in [0.2, 0.25) is 0 Å². The van der Waals surface area contributed by atoms with E-state index in [2.05, 4.69) is 0 Å². The van der Waals surface area contributed by atoms with E-state index in [0.29, 0.717) is 11.1 Å². The van der Waals surface area contributed by atoms with Crippen molar-refractivity contribution in [2.45, 2.75) is 32.5 Å². The smallest absolute Gasteiger partial charge is 0.410 e. The molecule has 1 atom stereocenters. The third-order valence-electron chi connectivity index (χ3n) is 2.61. The number of aliphatic hydroxyl groups is 1. The third kappa shape index (κ3) is 5.01. The van der Waals surface area contributed by atoms with E-state index in [1.54, 1.807) is 52.1 Å². The highest BCUT2D eigenvalue weighted by molar-refractivity contribution is 5.74. The van der Waals surface area contributed by atoms with Gasteiger partial charge in [-0.2, -0.15) is 0 Å². The lowest BCUT2D eigenvalue weighted by molar-refractivity contribution is 0.0205. The van der Waals surface area contributed by atoms with Crippen LogP contribution in [0.4, 0.5) is 4.79 Å². The van der Waals surface area contributed by atoms with Crippen molar-refractivity contribution in [1.82, 2.24) is 4.90 Å². The van der Waals surface area contributed by atoms with E-state index >= 15 is 0 Å². The fourth-order valence-corrected chi connectivity index (χ4v) is 1.58. The van der Waals surface area contributed by atoms with Crippen molar-refractivity contribution in [2.75, 3.05) is 13.6 Å². The lowest BCUT2D eigenvalue weighted by atomic mass is 10.1. The summed E-state index contributed by atoms with van der Waals surface area (Å²) >= 11 is 0. The molecule has 20 heavy (non-hydrogen) atoms. The molecule has 1 amide bonds. The van der Waals surface area contributed by atoms with Crippen LogP contribution in [-0.4, -0.2) is 41.6 Å². The predicted octanol–water partition coefficient (Wildman–Crippen LogP) is 2.40. The van der Waals surface area contributed by atoms with Gasteiger partial charge >= 0.3 is 6.09 Å². The molecule has 0 aliphatic heterocycles. The number of likely N-dealkylation sites (N-methyl/N-ethyl adjacent to an activating group) is 1. The Hall–Kier alpha value is -1.88. The molecule has 1 aromatic rings. The minimum Gasteiger partial charge on any atom is -0.444 e. The topological polar surface area (TPSA) is 66.8 Å². The average Bonchev–Trinajstić information content (AvgIpc) is 2.36. The zero-order valence-corrected chi connectivity index (χ0v) is 12.3. The SMILES string of the molecule is CN(CC(O)c1ccc(C=O)cc1)C(=O)OC(C)(C)C. The first kappa shape index (κ1) is 16.2. The zero-order chi connectivity index (χ0) is 15.3. The van der Waals surface area contributed by atoms with Gasteiger partial charge in [0.15, 0.2) is 0 Å². The first-order chi connectivity index (χ1) is 9.23. The molecular weight excluding hydrogens is 258 g/mol. The summed E-state index contributed by atoms with van der Waals surface area (Å²) in [7, 11) is 1.57. The number of aldehydes is 1. The highest BCUT2D eigenvalue weighted by Crippen LogP contribution is 2.16. The van der Waals surface area contributed by atoms with Crippen LogP contribution < -0.4 is 0 Å². The Morgan fingerprint density at radius 2 is 1.90 bits per heavy atom. The van der Waals surface area contributed by atoms with Crippen molar-refractivity contribution >= 4 is 12.4 Å². The molecule has 0 aliphatic rings. The van der Waals surface area contributed by atoms with Gasteiger partial charge in [0.25, 0.3) is 0 Å². The molecule has 1 rings (SSSR count). The maximum absolute atomic E-state index is 11.8. The Kier molecular flexibility index (Phi) is 5.27. The minimum absolute atomic E-state index is 0.120. The summed E-state index contributed by atoms with van der Waals surface area (Å²) in [4.78, 5) is 23.7. The van der Waals surface area contributed by atoms with Crippen LogP contribution in [0.25, 0.3) is 0 Å². The van der Waals surface area contributed by atoms with Gasteiger partial charge in [0.1, 0.15) is 11.9 Å². The molecule has 0 aromatic heterocycles. The molecule has 0 fully saturated rings. The van der Waals surface area contributed by atoms with Crippen LogP contribution in [0.2, 0.25) is 0 Å². The lowest BCUT2D eigenvalue weighted by Crippen LogP contribution is -2.36. The normalized spacial score (nSPS) is 12.7. The highest BCUT2D eigenvalue weighted by Gasteiger charge is 2.21. The number of carbonyl (C=O) groups excluding carboxylic acids is 2. The van der Waals surface area contributed by atoms with Crippen LogP contribution in [0, 0.1) is 0 Å². The largest absolute Gasteiger partial charge is 0.444 e. The molecule has 110 valence electrons. The second kappa shape index (κ2) is 6.52. The fraction of sp³-hybridized carbons (Fsp3) is 0.467. The van der Waals surface area contributed by atoms with Gasteiger partial charge in [0, 0.05) is 12.6 Å². The Labute approximate surface area is 119 Å². The van der Waals surface area contributed by atoms with Gasteiger partial charge in [-0.15, -0.1) is 0 Å². The number of carbonyl (C=O) groups is 2. The third-order valence-corrected chi connectivity index (χ3v) is 2.61. The maximum Gasteiger partial charge on any atom is 0.410 e. The van der Waals surface area contributed by atoms with Crippen molar-refractivity contribution in [1.29, 1.82) is 0 Å². The molecule has 0 radical (unpaired) electrons. The van der Waals surface area contributed by atoms with Crippen LogP contribution in [-0.2, 0) is 4.74 Å². The molecule has 0 spiro atoms. The molecule has 1 aromatic carbocycles. The summed E-state index contributed by atoms with van der Waals surface area (Å²) < 4.78 is 5.20. The Morgan fingerprint density at radius 3 is 2.35 bits per heavy atom. The van der Waals surface area contributed by atoms with Crippen LogP contribution >= 0.6 is 0 Å². The molecule has 0 saturated carbocycles. The first-order valence-corrected chi connectivity index (χ1v) is 6.40. The number of hydrogen-bond donors (Lipinski definition) is 1. The number of hydrogen-bond acceptors (Lipinski definition) is 4. The van der Waals surface area contributed by atoms with Crippen molar-refractivity contribution in [2.24, 2.45) is 0 Å². The lowest BCUT2D eigenvalue weighted by Gasteiger charge is -2.26. The maximum atomic E-state index is 11.8. The van der Waals surface area contributed by atoms with E-state index in [4.69, 9.17) is 4.74 Å². The van der Waals surface area contributed by atoms with Gasteiger partial charge in [-0.3, -0.25) is 4.79 Å². The number of rotatable bonds is 4. The summed E-state index contributed by atoms with van der Waals surface area (Å²) in [6.07, 6.45) is -0.572. The summed E-state index contributed by atoms with van der Waals surface area (Å²) in [5.41, 5.74) is 0.620. The Bertz CT molecular complexity index is 462. The standard InChI is InChI=1S/C15H21NO4/c1-15(2,3)20-14(19)16(4)9-13(18)12-7-5-11(10-17)6-8-12/h5-8,10,13,18H,9H2,1-4H3. The van der Waals surface area contributed by atoms with Crippen LogP contribution in [0.1, 0.15) is 42.8 Å². The minimum atomic E-state index is -0.826. The molecule has 1 unspecified atom stereocenters. The van der Waals surface area contributed by atoms with Crippen molar-refractivity contribution in [3.8, 4) is 0 Å². The molecule has 0 aliphatic carbocycles. The molecule has 0 saturated heterocycles. The molecule has 0 bridgehead atoms. The van der Waals surface area contributed by atoms with Crippen molar-refractivity contribution in [3.05, 3.63) is 35.4 Å². The van der Waals surface area contributed by atoms with Crippen LogP contribution in [0.5, 0.6) is 0 Å². The molecule has 0 heterocycles. The van der Waals surface area contributed by atoms with Crippen molar-refractivity contribution < 1.29 is 19.4 Å². The Morgan fingerprint density at radius 1 is 1.35 bits per heavy atom. The second-order valence-electron chi connectivity index (χ2n) is 5.66. The fourth-order valence-electron chi connectivity index (χ4n) is 1.58. The van der Waals surface area contributed by atoms with Gasteiger partial charge in [-0.1, -0.05) is 24.3 Å². The molecule has 1 N–H and O–H groups in total. The van der Waals surface area contributed by atoms with E-state index < -0.39 is 17.8 Å². The average molecular weight is 279 g/mol. The number of aliphatic hydroxyl groups excluding tert-OH is 1. The van der Waals surface area contributed by atoms with E-state index in [0.717, 1.165) is 6.29 Å². The summed E-state index contributed by atoms with van der Waals surface area (Å²) in [6.45, 7) is 5.48. The monoisotopic (exact) mass is 279 g/mol. The van der Waals surface area contributed by atoms with Crippen LogP contribution in [0.15, 0.2) is 24.3 Å². The van der Waals surface area contributed by atoms with E-state index in [1.165, 1.54) is 4.90 Å². The zero-order valence-electron chi connectivity index (χ0n) is 12.3. The van der Waals surface area contributed by atoms with Gasteiger partial charge in [0.05, 0.1) is 12.6 Å². The number of nitrogens with zero attached hydrogens (tertiary/aromatic N) is 1. The quantitative estimate of drug-likeness (QED) is 0.859. The predicted molar refractivity (Wildman–Crippen MR) is 75.7 cm³/mol. The van der Waals surface area contributed by atoms with Crippen molar-refractivity contribution in [3.63, 3.8) is 0 Å². The number of benzene rings is 1. The van der Waals surface area contributed by atoms with E-state index in [-0.39, 0.29) is 6.54 Å². The van der Waals surface area contributed by atoms with Gasteiger partial charge < -0.3 is 14.7 Å². The van der Waals surface area contributed by atoms with Gasteiger partial charge in [-0.25, -0.2) is 4.79 Å².